The van der Waals surface area contributed by atoms with Crippen molar-refractivity contribution in [3.05, 3.63) is 42.2 Å². The van der Waals surface area contributed by atoms with E-state index in [-0.39, 0.29) is 10.9 Å². The van der Waals surface area contributed by atoms with E-state index in [1.807, 2.05) is 18.6 Å². The van der Waals surface area contributed by atoms with Crippen LogP contribution in [0.3, 0.4) is 0 Å². The van der Waals surface area contributed by atoms with E-state index >= 15 is 0 Å². The minimum atomic E-state index is -4.01. The maximum Gasteiger partial charge on any atom is 0.265 e. The Morgan fingerprint density at radius 1 is 1.30 bits per heavy atom. The summed E-state index contributed by atoms with van der Waals surface area (Å²) in [6.07, 6.45) is 2.48. The lowest BCUT2D eigenvalue weighted by molar-refractivity contribution is 0.531. The topological polar surface area (TPSA) is 64.0 Å². The van der Waals surface area contributed by atoms with Gasteiger partial charge < -0.3 is 0 Å². The molecule has 0 saturated carbocycles. The highest BCUT2D eigenvalue weighted by atomic mass is 32.2. The minimum Gasteiger partial charge on any atom is -0.276 e. The fourth-order valence-electron chi connectivity index (χ4n) is 1.52. The van der Waals surface area contributed by atoms with Crippen LogP contribution in [-0.4, -0.2) is 18.2 Å². The van der Waals surface area contributed by atoms with Gasteiger partial charge in [0.25, 0.3) is 10.0 Å². The predicted molar refractivity (Wildman–Crippen MR) is 69.8 cm³/mol. The van der Waals surface area contributed by atoms with E-state index in [4.69, 9.17) is 0 Å². The molecular weight excluding hydrogens is 288 g/mol. The number of benzene rings is 1. The number of halogens is 2. The molecule has 0 aliphatic heterocycles. The molecule has 2 aromatic rings. The van der Waals surface area contributed by atoms with Crippen molar-refractivity contribution in [3.8, 4) is 0 Å². The molecular formula is C12H13F2N3O2S. The molecule has 0 fully saturated rings. The second-order valence-corrected chi connectivity index (χ2v) is 6.16. The maximum atomic E-state index is 13.4. The van der Waals surface area contributed by atoms with Crippen LogP contribution in [0.1, 0.15) is 19.9 Å². The molecule has 0 aliphatic rings. The van der Waals surface area contributed by atoms with Crippen LogP contribution in [0, 0.1) is 11.6 Å². The molecule has 0 amide bonds. The van der Waals surface area contributed by atoms with Gasteiger partial charge in [0, 0.05) is 18.3 Å². The molecule has 0 aliphatic carbocycles. The first kappa shape index (κ1) is 14.4. The van der Waals surface area contributed by atoms with Gasteiger partial charge in [0.1, 0.15) is 16.5 Å². The molecule has 1 heterocycles. The number of aromatic nitrogens is 2. The molecule has 0 spiro atoms. The van der Waals surface area contributed by atoms with Crippen LogP contribution in [0.4, 0.5) is 14.5 Å². The van der Waals surface area contributed by atoms with Crippen molar-refractivity contribution in [3.63, 3.8) is 0 Å². The number of rotatable bonds is 4. The molecule has 0 unspecified atom stereocenters. The summed E-state index contributed by atoms with van der Waals surface area (Å²) in [7, 11) is -4.01. The summed E-state index contributed by atoms with van der Waals surface area (Å²) >= 11 is 0. The Morgan fingerprint density at radius 2 is 2.00 bits per heavy atom. The molecule has 2 rings (SSSR count). The van der Waals surface area contributed by atoms with E-state index in [1.54, 1.807) is 0 Å². The molecule has 108 valence electrons. The standard InChI is InChI=1S/C12H13F2N3O2S/c1-8(2)17-7-10(6-15-17)20(18,19)16-12-5-9(13)3-4-11(12)14/h3-8,16H,1-2H3. The maximum absolute atomic E-state index is 13.4. The smallest absolute Gasteiger partial charge is 0.265 e. The normalized spacial score (nSPS) is 11.8. The van der Waals surface area contributed by atoms with Gasteiger partial charge in [-0.25, -0.2) is 17.2 Å². The van der Waals surface area contributed by atoms with Crippen LogP contribution in [0.5, 0.6) is 0 Å². The van der Waals surface area contributed by atoms with E-state index < -0.39 is 27.3 Å². The van der Waals surface area contributed by atoms with Gasteiger partial charge in [-0.1, -0.05) is 0 Å². The van der Waals surface area contributed by atoms with Gasteiger partial charge in [-0.05, 0) is 26.0 Å². The minimum absolute atomic E-state index is 0.00939. The summed E-state index contributed by atoms with van der Waals surface area (Å²) < 4.78 is 54.0. The van der Waals surface area contributed by atoms with Crippen molar-refractivity contribution >= 4 is 15.7 Å². The highest BCUT2D eigenvalue weighted by Gasteiger charge is 2.19. The summed E-state index contributed by atoms with van der Waals surface area (Å²) in [6.45, 7) is 3.67. The zero-order valence-corrected chi connectivity index (χ0v) is 11.7. The Labute approximate surface area is 115 Å². The number of sulfonamides is 1. The Balaban J connectivity index is 2.33. The van der Waals surface area contributed by atoms with Crippen molar-refractivity contribution in [2.24, 2.45) is 0 Å². The second-order valence-electron chi connectivity index (χ2n) is 4.48. The second kappa shape index (κ2) is 5.20. The van der Waals surface area contributed by atoms with E-state index in [2.05, 4.69) is 5.10 Å². The third-order valence-corrected chi connectivity index (χ3v) is 3.91. The van der Waals surface area contributed by atoms with Gasteiger partial charge in [-0.3, -0.25) is 9.40 Å². The van der Waals surface area contributed by atoms with Gasteiger partial charge in [0.15, 0.2) is 0 Å². The third kappa shape index (κ3) is 2.96. The average molecular weight is 301 g/mol. The summed E-state index contributed by atoms with van der Waals surface area (Å²) in [5.41, 5.74) is -0.442. The molecule has 1 N–H and O–H groups in total. The van der Waals surface area contributed by atoms with Crippen molar-refractivity contribution in [1.82, 2.24) is 9.78 Å². The van der Waals surface area contributed by atoms with Gasteiger partial charge in [0.05, 0.1) is 11.9 Å². The van der Waals surface area contributed by atoms with Crippen LogP contribution in [0.15, 0.2) is 35.5 Å². The molecule has 8 heteroatoms. The molecule has 20 heavy (non-hydrogen) atoms. The Kier molecular flexibility index (Phi) is 3.76. The first-order valence-corrected chi connectivity index (χ1v) is 7.30. The molecule has 0 radical (unpaired) electrons. The molecule has 1 aromatic heterocycles. The zero-order valence-electron chi connectivity index (χ0n) is 10.8. The van der Waals surface area contributed by atoms with Crippen molar-refractivity contribution in [2.45, 2.75) is 24.8 Å². The number of hydrogen-bond donors (Lipinski definition) is 1. The van der Waals surface area contributed by atoms with Crippen molar-refractivity contribution in [1.29, 1.82) is 0 Å². The lowest BCUT2D eigenvalue weighted by Gasteiger charge is -2.07. The van der Waals surface area contributed by atoms with Crippen molar-refractivity contribution < 1.29 is 17.2 Å². The third-order valence-electron chi connectivity index (χ3n) is 2.59. The fourth-order valence-corrected chi connectivity index (χ4v) is 2.52. The van der Waals surface area contributed by atoms with Crippen LogP contribution >= 0.6 is 0 Å². The predicted octanol–water partition coefficient (Wildman–Crippen LogP) is 2.54. The zero-order chi connectivity index (χ0) is 14.9. The monoisotopic (exact) mass is 301 g/mol. The largest absolute Gasteiger partial charge is 0.276 e. The number of anilines is 1. The van der Waals surface area contributed by atoms with Crippen LogP contribution in [-0.2, 0) is 10.0 Å². The van der Waals surface area contributed by atoms with E-state index in [1.165, 1.54) is 10.9 Å². The molecule has 5 nitrogen and oxygen atoms in total. The van der Waals surface area contributed by atoms with Crippen LogP contribution < -0.4 is 4.72 Å². The van der Waals surface area contributed by atoms with E-state index in [0.717, 1.165) is 24.4 Å². The first-order valence-electron chi connectivity index (χ1n) is 5.81. The Bertz CT molecular complexity index is 726. The number of nitrogens with zero attached hydrogens (tertiary/aromatic N) is 2. The lowest BCUT2D eigenvalue weighted by Crippen LogP contribution is -2.13. The summed E-state index contributed by atoms with van der Waals surface area (Å²) in [5.74, 6) is -1.59. The first-order chi connectivity index (χ1) is 9.29. The van der Waals surface area contributed by atoms with Crippen molar-refractivity contribution in [2.75, 3.05) is 4.72 Å². The fraction of sp³-hybridized carbons (Fsp3) is 0.250. The van der Waals surface area contributed by atoms with Gasteiger partial charge in [-0.15, -0.1) is 0 Å². The SMILES string of the molecule is CC(C)n1cc(S(=O)(=O)Nc2cc(F)ccc2F)cn1. The molecule has 0 atom stereocenters. The average Bonchev–Trinajstić information content (AvgIpc) is 2.84. The molecule has 0 saturated heterocycles. The van der Waals surface area contributed by atoms with Gasteiger partial charge >= 0.3 is 0 Å². The Hall–Kier alpha value is -1.96. The van der Waals surface area contributed by atoms with Gasteiger partial charge in [0.2, 0.25) is 0 Å². The quantitative estimate of drug-likeness (QED) is 0.944. The number of nitrogens with one attached hydrogen (secondary N) is 1. The lowest BCUT2D eigenvalue weighted by atomic mass is 10.3. The summed E-state index contributed by atoms with van der Waals surface area (Å²) in [4.78, 5) is -0.116. The van der Waals surface area contributed by atoms with Gasteiger partial charge in [-0.2, -0.15) is 5.10 Å². The molecule has 1 aromatic carbocycles. The van der Waals surface area contributed by atoms with Crippen LogP contribution in [0.2, 0.25) is 0 Å². The number of hydrogen-bond acceptors (Lipinski definition) is 3. The summed E-state index contributed by atoms with van der Waals surface area (Å²) in [5, 5.41) is 3.89. The van der Waals surface area contributed by atoms with E-state index in [9.17, 15) is 17.2 Å². The highest BCUT2D eigenvalue weighted by Crippen LogP contribution is 2.20. The summed E-state index contributed by atoms with van der Waals surface area (Å²) in [6, 6.07) is 2.53. The Morgan fingerprint density at radius 3 is 2.60 bits per heavy atom. The van der Waals surface area contributed by atoms with Crippen LogP contribution in [0.25, 0.3) is 0 Å². The van der Waals surface area contributed by atoms with E-state index in [0.29, 0.717) is 0 Å². The molecule has 0 bridgehead atoms. The highest BCUT2D eigenvalue weighted by molar-refractivity contribution is 7.92.